The van der Waals surface area contributed by atoms with Gasteiger partial charge in [0.15, 0.2) is 12.4 Å². The summed E-state index contributed by atoms with van der Waals surface area (Å²) in [4.78, 5) is 2.70. The van der Waals surface area contributed by atoms with Crippen LogP contribution in [0.2, 0.25) is 0 Å². The van der Waals surface area contributed by atoms with Crippen LogP contribution < -0.4 is 5.32 Å². The minimum atomic E-state index is 0.940. The van der Waals surface area contributed by atoms with Crippen LogP contribution in [-0.2, 0) is 0 Å². The third kappa shape index (κ3) is 19.5. The van der Waals surface area contributed by atoms with Gasteiger partial charge in [-0.3, -0.25) is 0 Å². The molecule has 0 aliphatic carbocycles. The van der Waals surface area contributed by atoms with Crippen LogP contribution in [0.5, 0.6) is 0 Å². The van der Waals surface area contributed by atoms with E-state index in [4.69, 9.17) is 10.5 Å². The molecule has 0 spiro atoms. The van der Waals surface area contributed by atoms with Crippen LogP contribution in [-0.4, -0.2) is 24.5 Å². The molecule has 4 heteroatoms. The molecule has 1 aliphatic rings. The largest absolute Gasteiger partial charge is 0.303 e. The number of nitrogens with one attached hydrogen (secondary N) is 1. The molecule has 4 nitrogen and oxygen atoms in total. The topological polar surface area (TPSA) is 62.9 Å². The van der Waals surface area contributed by atoms with Crippen LogP contribution in [0.1, 0.15) is 117 Å². The summed E-state index contributed by atoms with van der Waals surface area (Å²) in [5, 5.41) is 16.7. The van der Waals surface area contributed by atoms with Gasteiger partial charge in [0.1, 0.15) is 0 Å². The molecule has 0 amide bonds. The number of hydrogen-bond acceptors (Lipinski definition) is 4. The Kier molecular flexibility index (Phi) is 21.0. The summed E-state index contributed by atoms with van der Waals surface area (Å²) in [6.07, 6.45) is 26.2. The van der Waals surface area contributed by atoms with E-state index in [2.05, 4.69) is 18.7 Å². The quantitative estimate of drug-likeness (QED) is 0.191. The van der Waals surface area contributed by atoms with Crippen molar-refractivity contribution in [1.29, 1.82) is 10.5 Å². The van der Waals surface area contributed by atoms with E-state index in [0.29, 0.717) is 0 Å². The van der Waals surface area contributed by atoms with Gasteiger partial charge in [0.05, 0.1) is 0 Å². The number of rotatable bonds is 15. The number of likely N-dealkylation sites (tertiary alicyclic amines) is 1. The molecule has 1 atom stereocenters. The first-order valence-corrected chi connectivity index (χ1v) is 12.0. The summed E-state index contributed by atoms with van der Waals surface area (Å²) in [5.41, 5.74) is 0. The van der Waals surface area contributed by atoms with Crippen molar-refractivity contribution in [2.24, 2.45) is 5.92 Å². The Bertz CT molecular complexity index is 384. The Morgan fingerprint density at radius 3 is 1.64 bits per heavy atom. The highest BCUT2D eigenvalue weighted by molar-refractivity contribution is 4.77. The molecule has 0 bridgehead atoms. The Morgan fingerprint density at radius 1 is 0.786 bits per heavy atom. The summed E-state index contributed by atoms with van der Waals surface area (Å²) in [7, 11) is 0. The van der Waals surface area contributed by atoms with Gasteiger partial charge in [-0.2, -0.15) is 10.5 Å². The average Bonchev–Trinajstić information content (AvgIpc) is 2.69. The molecule has 0 aromatic heterocycles. The van der Waals surface area contributed by atoms with E-state index >= 15 is 0 Å². The van der Waals surface area contributed by atoms with Gasteiger partial charge in [-0.1, -0.05) is 97.3 Å². The zero-order valence-corrected chi connectivity index (χ0v) is 18.9. The fourth-order valence-corrected chi connectivity index (χ4v) is 4.04. The van der Waals surface area contributed by atoms with Gasteiger partial charge in [0.2, 0.25) is 0 Å². The van der Waals surface area contributed by atoms with Crippen LogP contribution >= 0.6 is 0 Å². The molecule has 0 saturated carbocycles. The standard InChI is InChI=1S/C22H45N.C2HN3/c1-3-4-5-6-7-8-9-10-11-12-13-14-15-16-19-23-20-17-18-22(2)21-23;3-1-5-2-4/h22H,3-21H2,1-2H3;5H. The molecule has 1 saturated heterocycles. The van der Waals surface area contributed by atoms with Crippen LogP contribution in [0.15, 0.2) is 0 Å². The molecule has 28 heavy (non-hydrogen) atoms. The lowest BCUT2D eigenvalue weighted by Crippen LogP contribution is -2.34. The Morgan fingerprint density at radius 2 is 1.25 bits per heavy atom. The molecule has 0 aromatic rings. The van der Waals surface area contributed by atoms with Crippen molar-refractivity contribution in [3.8, 4) is 12.4 Å². The average molecular weight is 391 g/mol. The van der Waals surface area contributed by atoms with E-state index in [1.807, 2.05) is 0 Å². The fraction of sp³-hybridized carbons (Fsp3) is 0.917. The fourth-order valence-electron chi connectivity index (χ4n) is 4.04. The molecule has 1 aliphatic heterocycles. The second-order valence-corrected chi connectivity index (χ2v) is 8.49. The van der Waals surface area contributed by atoms with Crippen LogP contribution in [0.4, 0.5) is 0 Å². The molecule has 1 fully saturated rings. The van der Waals surface area contributed by atoms with Gasteiger partial charge in [-0.05, 0) is 38.3 Å². The monoisotopic (exact) mass is 390 g/mol. The molecular weight excluding hydrogens is 344 g/mol. The third-order valence-electron chi connectivity index (χ3n) is 5.68. The molecule has 162 valence electrons. The lowest BCUT2D eigenvalue weighted by Gasteiger charge is -2.30. The highest BCUT2D eigenvalue weighted by Gasteiger charge is 2.14. The lowest BCUT2D eigenvalue weighted by atomic mass is 10.00. The maximum absolute atomic E-state index is 7.48. The first-order valence-electron chi connectivity index (χ1n) is 12.0. The Balaban J connectivity index is 0.00000129. The molecular formula is C24H46N4. The van der Waals surface area contributed by atoms with Crippen molar-refractivity contribution in [3.05, 3.63) is 0 Å². The first-order chi connectivity index (χ1) is 13.7. The number of unbranched alkanes of at least 4 members (excludes halogenated alkanes) is 13. The summed E-state index contributed by atoms with van der Waals surface area (Å²) < 4.78 is 0. The smallest absolute Gasteiger partial charge is 0.190 e. The van der Waals surface area contributed by atoms with E-state index in [0.717, 1.165) is 5.92 Å². The van der Waals surface area contributed by atoms with Crippen molar-refractivity contribution in [1.82, 2.24) is 10.2 Å². The lowest BCUT2D eigenvalue weighted by molar-refractivity contribution is 0.180. The van der Waals surface area contributed by atoms with E-state index in [1.54, 1.807) is 5.32 Å². The normalized spacial score (nSPS) is 16.5. The molecule has 1 N–H and O–H groups in total. The number of piperidine rings is 1. The maximum Gasteiger partial charge on any atom is 0.190 e. The van der Waals surface area contributed by atoms with E-state index in [9.17, 15) is 0 Å². The van der Waals surface area contributed by atoms with Crippen molar-refractivity contribution in [3.63, 3.8) is 0 Å². The van der Waals surface area contributed by atoms with Gasteiger partial charge in [0.25, 0.3) is 0 Å². The first kappa shape index (κ1) is 26.7. The molecule has 0 radical (unpaired) electrons. The SMILES string of the molecule is CCCCCCCCCCCCCCCCN1CCCC(C)C1.N#CNC#N. The van der Waals surface area contributed by atoms with Gasteiger partial charge in [0, 0.05) is 6.54 Å². The summed E-state index contributed by atoms with van der Waals surface area (Å²) in [5.74, 6) is 0.940. The van der Waals surface area contributed by atoms with Gasteiger partial charge in [-0.25, -0.2) is 5.32 Å². The van der Waals surface area contributed by atoms with Crippen molar-refractivity contribution >= 4 is 0 Å². The molecule has 1 rings (SSSR count). The Hall–Kier alpha value is -1.26. The number of hydrogen-bond donors (Lipinski definition) is 1. The minimum absolute atomic E-state index is 0.940. The summed E-state index contributed by atoms with van der Waals surface area (Å²) in [6, 6.07) is 0. The zero-order chi connectivity index (χ0) is 20.7. The second-order valence-electron chi connectivity index (χ2n) is 8.49. The molecule has 1 unspecified atom stereocenters. The molecule has 0 aromatic carbocycles. The van der Waals surface area contributed by atoms with Crippen LogP contribution in [0.3, 0.4) is 0 Å². The predicted molar refractivity (Wildman–Crippen MR) is 120 cm³/mol. The number of nitriles is 2. The van der Waals surface area contributed by atoms with Crippen molar-refractivity contribution < 1.29 is 0 Å². The van der Waals surface area contributed by atoms with Crippen LogP contribution in [0, 0.1) is 28.8 Å². The summed E-state index contributed by atoms with van der Waals surface area (Å²) in [6.45, 7) is 8.80. The van der Waals surface area contributed by atoms with E-state index in [-0.39, 0.29) is 0 Å². The van der Waals surface area contributed by atoms with Gasteiger partial charge < -0.3 is 4.90 Å². The van der Waals surface area contributed by atoms with Gasteiger partial charge >= 0.3 is 0 Å². The van der Waals surface area contributed by atoms with Crippen LogP contribution in [0.25, 0.3) is 0 Å². The third-order valence-corrected chi connectivity index (χ3v) is 5.68. The number of nitrogens with zero attached hydrogens (tertiary/aromatic N) is 3. The van der Waals surface area contributed by atoms with Gasteiger partial charge in [-0.15, -0.1) is 0 Å². The zero-order valence-electron chi connectivity index (χ0n) is 18.9. The van der Waals surface area contributed by atoms with Crippen molar-refractivity contribution in [2.75, 3.05) is 19.6 Å². The molecule has 1 heterocycles. The minimum Gasteiger partial charge on any atom is -0.303 e. The predicted octanol–water partition coefficient (Wildman–Crippen LogP) is 6.74. The van der Waals surface area contributed by atoms with E-state index in [1.165, 1.54) is 135 Å². The van der Waals surface area contributed by atoms with Crippen molar-refractivity contribution in [2.45, 2.75) is 117 Å². The highest BCUT2D eigenvalue weighted by atomic mass is 15.1. The second kappa shape index (κ2) is 22.0. The Labute approximate surface area is 175 Å². The highest BCUT2D eigenvalue weighted by Crippen LogP contribution is 2.17. The summed E-state index contributed by atoms with van der Waals surface area (Å²) >= 11 is 0. The van der Waals surface area contributed by atoms with E-state index < -0.39 is 0 Å². The maximum atomic E-state index is 7.48.